The molecule has 0 amide bonds. The van der Waals surface area contributed by atoms with Gasteiger partial charge < -0.3 is 14.6 Å². The van der Waals surface area contributed by atoms with E-state index < -0.39 is 0 Å². The Morgan fingerprint density at radius 3 is 2.87 bits per heavy atom. The molecule has 2 N–H and O–H groups in total. The van der Waals surface area contributed by atoms with Crippen LogP contribution in [0.15, 0.2) is 33.5 Å². The van der Waals surface area contributed by atoms with Crippen molar-refractivity contribution in [2.75, 3.05) is 0 Å². The first-order valence-electron chi connectivity index (χ1n) is 4.24. The zero-order chi connectivity index (χ0) is 10.8. The van der Waals surface area contributed by atoms with E-state index in [0.29, 0.717) is 21.5 Å². The van der Waals surface area contributed by atoms with E-state index in [4.69, 9.17) is 9.52 Å². The van der Waals surface area contributed by atoms with E-state index in [-0.39, 0.29) is 12.4 Å². The highest BCUT2D eigenvalue weighted by molar-refractivity contribution is 9.10. The van der Waals surface area contributed by atoms with Gasteiger partial charge in [-0.25, -0.2) is 4.98 Å². The van der Waals surface area contributed by atoms with Gasteiger partial charge >= 0.3 is 0 Å². The Hall–Kier alpha value is -1.33. The molecule has 1 aromatic heterocycles. The number of oxazole rings is 1. The molecule has 0 spiro atoms. The SMILES string of the molecule is OCc1ocnc1-c1ccc(Br)c(O)c1. The van der Waals surface area contributed by atoms with Crippen molar-refractivity contribution in [1.29, 1.82) is 0 Å². The molecule has 4 nitrogen and oxygen atoms in total. The molecule has 78 valence electrons. The number of aromatic hydroxyl groups is 1. The van der Waals surface area contributed by atoms with Gasteiger partial charge in [-0.05, 0) is 28.1 Å². The molecule has 0 radical (unpaired) electrons. The predicted octanol–water partition coefficient (Wildman–Crippen LogP) is 2.30. The number of aliphatic hydroxyl groups excluding tert-OH is 1. The Morgan fingerprint density at radius 1 is 1.40 bits per heavy atom. The van der Waals surface area contributed by atoms with Gasteiger partial charge in [-0.1, -0.05) is 6.07 Å². The molecular formula is C10H8BrNO3. The van der Waals surface area contributed by atoms with Crippen LogP contribution in [0.25, 0.3) is 11.3 Å². The molecule has 2 rings (SSSR count). The molecule has 0 aliphatic heterocycles. The number of benzene rings is 1. The zero-order valence-electron chi connectivity index (χ0n) is 7.64. The Morgan fingerprint density at radius 2 is 2.20 bits per heavy atom. The van der Waals surface area contributed by atoms with Crippen LogP contribution in [0.5, 0.6) is 5.75 Å². The molecule has 0 saturated carbocycles. The Kier molecular flexibility index (Phi) is 2.75. The van der Waals surface area contributed by atoms with Crippen LogP contribution in [0.3, 0.4) is 0 Å². The molecule has 5 heteroatoms. The summed E-state index contributed by atoms with van der Waals surface area (Å²) in [5.41, 5.74) is 1.24. The first-order valence-corrected chi connectivity index (χ1v) is 5.04. The average Bonchev–Trinajstić information content (AvgIpc) is 2.70. The quantitative estimate of drug-likeness (QED) is 0.878. The highest BCUT2D eigenvalue weighted by Gasteiger charge is 2.10. The number of aromatic nitrogens is 1. The fourth-order valence-electron chi connectivity index (χ4n) is 1.28. The smallest absolute Gasteiger partial charge is 0.181 e. The molecule has 1 heterocycles. The van der Waals surface area contributed by atoms with E-state index in [0.717, 1.165) is 0 Å². The van der Waals surface area contributed by atoms with Crippen molar-refractivity contribution < 1.29 is 14.6 Å². The standard InChI is InChI=1S/C10H8BrNO3/c11-7-2-1-6(3-8(7)14)10-9(4-13)15-5-12-10/h1-3,5,13-14H,4H2. The summed E-state index contributed by atoms with van der Waals surface area (Å²) in [5.74, 6) is 0.510. The van der Waals surface area contributed by atoms with Crippen molar-refractivity contribution in [2.45, 2.75) is 6.61 Å². The van der Waals surface area contributed by atoms with Crippen LogP contribution >= 0.6 is 15.9 Å². The van der Waals surface area contributed by atoms with Crippen LogP contribution in [0.2, 0.25) is 0 Å². The van der Waals surface area contributed by atoms with Crippen LogP contribution < -0.4 is 0 Å². The number of hydrogen-bond acceptors (Lipinski definition) is 4. The zero-order valence-corrected chi connectivity index (χ0v) is 9.23. The monoisotopic (exact) mass is 269 g/mol. The van der Waals surface area contributed by atoms with Crippen LogP contribution in [0.1, 0.15) is 5.76 Å². The van der Waals surface area contributed by atoms with E-state index in [1.807, 2.05) is 0 Å². The fourth-order valence-corrected chi connectivity index (χ4v) is 1.52. The molecule has 0 atom stereocenters. The number of phenolic OH excluding ortho intramolecular Hbond substituents is 1. The van der Waals surface area contributed by atoms with Gasteiger partial charge in [-0.3, -0.25) is 0 Å². The van der Waals surface area contributed by atoms with Gasteiger partial charge in [0.2, 0.25) is 0 Å². The highest BCUT2D eigenvalue weighted by Crippen LogP contribution is 2.30. The molecule has 1 aromatic carbocycles. The summed E-state index contributed by atoms with van der Waals surface area (Å²) in [6.07, 6.45) is 1.26. The van der Waals surface area contributed by atoms with Gasteiger partial charge in [0.1, 0.15) is 18.1 Å². The molecule has 0 fully saturated rings. The lowest BCUT2D eigenvalue weighted by atomic mass is 10.1. The van der Waals surface area contributed by atoms with Gasteiger partial charge in [0.05, 0.1) is 4.47 Å². The number of nitrogens with zero attached hydrogens (tertiary/aromatic N) is 1. The molecular weight excluding hydrogens is 262 g/mol. The third-order valence-corrected chi connectivity index (χ3v) is 2.67. The molecule has 0 bridgehead atoms. The Labute approximate surface area is 94.3 Å². The third-order valence-electron chi connectivity index (χ3n) is 2.00. The van der Waals surface area contributed by atoms with E-state index in [1.54, 1.807) is 18.2 Å². The van der Waals surface area contributed by atoms with E-state index in [1.165, 1.54) is 6.39 Å². The van der Waals surface area contributed by atoms with Crippen molar-refractivity contribution in [2.24, 2.45) is 0 Å². The van der Waals surface area contributed by atoms with Crippen molar-refractivity contribution in [3.05, 3.63) is 34.8 Å². The summed E-state index contributed by atoms with van der Waals surface area (Å²) >= 11 is 3.19. The Balaban J connectivity index is 2.50. The molecule has 0 unspecified atom stereocenters. The third kappa shape index (κ3) is 1.88. The number of aliphatic hydroxyl groups is 1. The largest absolute Gasteiger partial charge is 0.507 e. The maximum Gasteiger partial charge on any atom is 0.181 e. The van der Waals surface area contributed by atoms with Gasteiger partial charge in [-0.15, -0.1) is 0 Å². The average molecular weight is 270 g/mol. The first kappa shape index (κ1) is 10.2. The van der Waals surface area contributed by atoms with Crippen LogP contribution in [-0.2, 0) is 6.61 Å². The van der Waals surface area contributed by atoms with E-state index in [2.05, 4.69) is 20.9 Å². The number of phenols is 1. The fraction of sp³-hybridized carbons (Fsp3) is 0.100. The number of hydrogen-bond donors (Lipinski definition) is 2. The summed E-state index contributed by atoms with van der Waals surface area (Å²) in [6, 6.07) is 5.04. The van der Waals surface area contributed by atoms with Crippen LogP contribution in [0.4, 0.5) is 0 Å². The lowest BCUT2D eigenvalue weighted by Crippen LogP contribution is -1.85. The molecule has 2 aromatic rings. The summed E-state index contributed by atoms with van der Waals surface area (Å²) < 4.78 is 5.60. The summed E-state index contributed by atoms with van der Waals surface area (Å²) in [4.78, 5) is 3.97. The minimum absolute atomic E-state index is 0.124. The van der Waals surface area contributed by atoms with Crippen molar-refractivity contribution in [1.82, 2.24) is 4.98 Å². The van der Waals surface area contributed by atoms with Gasteiger partial charge in [0.25, 0.3) is 0 Å². The van der Waals surface area contributed by atoms with E-state index >= 15 is 0 Å². The molecule has 15 heavy (non-hydrogen) atoms. The van der Waals surface area contributed by atoms with Gasteiger partial charge in [0, 0.05) is 5.56 Å². The number of rotatable bonds is 2. The minimum atomic E-state index is -0.216. The summed E-state index contributed by atoms with van der Waals surface area (Å²) in [7, 11) is 0. The molecule has 0 aliphatic rings. The Bertz CT molecular complexity index is 481. The topological polar surface area (TPSA) is 66.5 Å². The van der Waals surface area contributed by atoms with Gasteiger partial charge in [0.15, 0.2) is 12.2 Å². The molecule has 0 aliphatic carbocycles. The minimum Gasteiger partial charge on any atom is -0.507 e. The summed E-state index contributed by atoms with van der Waals surface area (Å²) in [6.45, 7) is -0.216. The lowest BCUT2D eigenvalue weighted by molar-refractivity contribution is 0.248. The highest BCUT2D eigenvalue weighted by atomic mass is 79.9. The van der Waals surface area contributed by atoms with Gasteiger partial charge in [-0.2, -0.15) is 0 Å². The maximum absolute atomic E-state index is 9.49. The number of halogens is 1. The summed E-state index contributed by atoms with van der Waals surface area (Å²) in [5, 5.41) is 18.5. The lowest BCUT2D eigenvalue weighted by Gasteiger charge is -2.01. The van der Waals surface area contributed by atoms with E-state index in [9.17, 15) is 5.11 Å². The van der Waals surface area contributed by atoms with Crippen molar-refractivity contribution in [3.63, 3.8) is 0 Å². The first-order chi connectivity index (χ1) is 7.22. The predicted molar refractivity (Wildman–Crippen MR) is 57.2 cm³/mol. The second-order valence-corrected chi connectivity index (χ2v) is 3.80. The van der Waals surface area contributed by atoms with Crippen LogP contribution in [-0.4, -0.2) is 15.2 Å². The van der Waals surface area contributed by atoms with Crippen LogP contribution in [0, 0.1) is 0 Å². The normalized spacial score (nSPS) is 10.5. The maximum atomic E-state index is 9.49. The second-order valence-electron chi connectivity index (χ2n) is 2.95. The second kappa shape index (κ2) is 4.04. The van der Waals surface area contributed by atoms with Crippen molar-refractivity contribution in [3.8, 4) is 17.0 Å². The molecule has 0 saturated heterocycles. The van der Waals surface area contributed by atoms with Crippen molar-refractivity contribution >= 4 is 15.9 Å².